The van der Waals surface area contributed by atoms with Gasteiger partial charge in [-0.3, -0.25) is 19.5 Å². The highest BCUT2D eigenvalue weighted by Gasteiger charge is 2.59. The first kappa shape index (κ1) is 16.3. The van der Waals surface area contributed by atoms with Crippen molar-refractivity contribution in [3.8, 4) is 5.75 Å². The maximum absolute atomic E-state index is 12.3. The molecule has 1 aromatic heterocycles. The number of carbonyl (C=O) groups excluding carboxylic acids is 1. The number of aromatic nitrogens is 1. The molecule has 1 saturated carbocycles. The fourth-order valence-electron chi connectivity index (χ4n) is 4.28. The van der Waals surface area contributed by atoms with E-state index in [1.54, 1.807) is 17.0 Å². The van der Waals surface area contributed by atoms with Crippen molar-refractivity contribution in [1.29, 1.82) is 0 Å². The number of amides is 1. The number of carboxylic acid groups (broad SMARTS) is 1. The summed E-state index contributed by atoms with van der Waals surface area (Å²) in [5.74, 6) is -0.515. The normalized spacial score (nSPS) is 29.0. The predicted molar refractivity (Wildman–Crippen MR) is 88.8 cm³/mol. The van der Waals surface area contributed by atoms with E-state index in [9.17, 15) is 19.8 Å². The molecule has 1 aromatic rings. The maximum Gasteiger partial charge on any atom is 0.313 e. The minimum Gasteiger partial charge on any atom is -0.506 e. The van der Waals surface area contributed by atoms with Crippen molar-refractivity contribution in [2.75, 3.05) is 26.2 Å². The number of hydrogen-bond acceptors (Lipinski definition) is 5. The Balaban J connectivity index is 1.50. The van der Waals surface area contributed by atoms with Crippen LogP contribution in [0.3, 0.4) is 0 Å². The third-order valence-electron chi connectivity index (χ3n) is 5.81. The molecular weight excluding hydrogens is 322 g/mol. The van der Waals surface area contributed by atoms with Gasteiger partial charge >= 0.3 is 5.97 Å². The first-order valence-electron chi connectivity index (χ1n) is 8.79. The number of aliphatic carboxylic acids is 1. The first-order chi connectivity index (χ1) is 11.9. The van der Waals surface area contributed by atoms with Gasteiger partial charge in [-0.1, -0.05) is 0 Å². The topological polar surface area (TPSA) is 94.0 Å². The molecule has 134 valence electrons. The molecule has 2 N–H and O–H groups in total. The van der Waals surface area contributed by atoms with Gasteiger partial charge in [-0.2, -0.15) is 0 Å². The van der Waals surface area contributed by atoms with Crippen LogP contribution in [-0.4, -0.2) is 63.1 Å². The lowest BCUT2D eigenvalue weighted by atomic mass is 9.81. The molecule has 2 aliphatic heterocycles. The molecule has 2 saturated heterocycles. The highest BCUT2D eigenvalue weighted by molar-refractivity contribution is 5.84. The van der Waals surface area contributed by atoms with Crippen LogP contribution in [0, 0.1) is 24.2 Å². The van der Waals surface area contributed by atoms with E-state index in [0.717, 1.165) is 18.5 Å². The summed E-state index contributed by atoms with van der Waals surface area (Å²) in [5, 5.41) is 19.9. The monoisotopic (exact) mass is 345 g/mol. The average molecular weight is 345 g/mol. The molecule has 3 heterocycles. The van der Waals surface area contributed by atoms with Crippen LogP contribution in [0.25, 0.3) is 0 Å². The summed E-state index contributed by atoms with van der Waals surface area (Å²) in [5.41, 5.74) is 0.497. The van der Waals surface area contributed by atoms with Crippen molar-refractivity contribution in [3.63, 3.8) is 0 Å². The third-order valence-corrected chi connectivity index (χ3v) is 5.81. The molecular formula is C18H23N3O4. The molecule has 0 aromatic carbocycles. The number of aromatic hydroxyl groups is 1. The van der Waals surface area contributed by atoms with Gasteiger partial charge in [0.25, 0.3) is 0 Å². The zero-order chi connectivity index (χ0) is 17.8. The number of carboxylic acids is 1. The summed E-state index contributed by atoms with van der Waals surface area (Å²) >= 11 is 0. The fourth-order valence-corrected chi connectivity index (χ4v) is 4.28. The summed E-state index contributed by atoms with van der Waals surface area (Å²) in [7, 11) is 0. The number of likely N-dealkylation sites (tertiary alicyclic amines) is 2. The van der Waals surface area contributed by atoms with Crippen LogP contribution in [0.15, 0.2) is 12.1 Å². The molecule has 4 rings (SSSR count). The molecule has 3 fully saturated rings. The van der Waals surface area contributed by atoms with Crippen molar-refractivity contribution in [1.82, 2.24) is 14.8 Å². The highest BCUT2D eigenvalue weighted by Crippen LogP contribution is 2.45. The van der Waals surface area contributed by atoms with Crippen LogP contribution >= 0.6 is 0 Å². The zero-order valence-corrected chi connectivity index (χ0v) is 14.3. The van der Waals surface area contributed by atoms with Gasteiger partial charge < -0.3 is 15.1 Å². The molecule has 0 unspecified atom stereocenters. The Morgan fingerprint density at radius 2 is 2.04 bits per heavy atom. The van der Waals surface area contributed by atoms with E-state index >= 15 is 0 Å². The molecule has 0 spiro atoms. The van der Waals surface area contributed by atoms with Crippen molar-refractivity contribution in [2.24, 2.45) is 17.3 Å². The number of hydrogen-bond donors (Lipinski definition) is 2. The summed E-state index contributed by atoms with van der Waals surface area (Å²) < 4.78 is 0. The Morgan fingerprint density at radius 3 is 2.68 bits per heavy atom. The molecule has 1 amide bonds. The zero-order valence-electron chi connectivity index (χ0n) is 14.3. The van der Waals surface area contributed by atoms with Crippen LogP contribution in [0.5, 0.6) is 5.75 Å². The number of nitrogens with zero attached hydrogens (tertiary/aromatic N) is 3. The summed E-state index contributed by atoms with van der Waals surface area (Å²) in [6.07, 6.45) is 1.87. The predicted octanol–water partition coefficient (Wildman–Crippen LogP) is 0.851. The van der Waals surface area contributed by atoms with Crippen molar-refractivity contribution < 1.29 is 19.8 Å². The molecule has 1 aliphatic carbocycles. The van der Waals surface area contributed by atoms with Gasteiger partial charge in [0.1, 0.15) is 11.2 Å². The smallest absolute Gasteiger partial charge is 0.313 e. The Morgan fingerprint density at radius 1 is 1.28 bits per heavy atom. The quantitative estimate of drug-likeness (QED) is 0.840. The Labute approximate surface area is 146 Å². The molecule has 0 bridgehead atoms. The third kappa shape index (κ3) is 2.76. The van der Waals surface area contributed by atoms with E-state index in [1.807, 2.05) is 11.8 Å². The van der Waals surface area contributed by atoms with Crippen LogP contribution in [0.1, 0.15) is 24.2 Å². The minimum absolute atomic E-state index is 0.0698. The summed E-state index contributed by atoms with van der Waals surface area (Å²) in [6, 6.07) is 3.37. The largest absolute Gasteiger partial charge is 0.506 e. The number of pyridine rings is 1. The van der Waals surface area contributed by atoms with Gasteiger partial charge in [-0.15, -0.1) is 0 Å². The van der Waals surface area contributed by atoms with E-state index in [0.29, 0.717) is 38.4 Å². The standard InChI is InChI=1S/C18H23N3O4/c1-11-2-5-15(22)14(19-11)8-20-6-13-7-21(16(23)12-3-4-12)10-18(13,9-20)17(24)25/h2,5,12-13,22H,3-4,6-10H2,1H3,(H,24,25)/t13-,18-/m1/s1. The van der Waals surface area contributed by atoms with Crippen LogP contribution in [0.4, 0.5) is 0 Å². The van der Waals surface area contributed by atoms with Crippen molar-refractivity contribution >= 4 is 11.9 Å². The molecule has 3 aliphatic rings. The van der Waals surface area contributed by atoms with Gasteiger partial charge in [0.2, 0.25) is 5.91 Å². The number of fused-ring (bicyclic) bond motifs is 1. The Bertz CT molecular complexity index is 733. The van der Waals surface area contributed by atoms with Crippen LogP contribution in [-0.2, 0) is 16.1 Å². The van der Waals surface area contributed by atoms with E-state index in [-0.39, 0.29) is 23.5 Å². The highest BCUT2D eigenvalue weighted by atomic mass is 16.4. The second-order valence-electron chi connectivity index (χ2n) is 7.74. The summed E-state index contributed by atoms with van der Waals surface area (Å²) in [6.45, 7) is 4.10. The molecule has 2 atom stereocenters. The SMILES string of the molecule is Cc1ccc(O)c(CN2C[C@@H]3CN(C(=O)C4CC4)C[C@]3(C(=O)O)C2)n1. The first-order valence-corrected chi connectivity index (χ1v) is 8.79. The number of aryl methyl sites for hydroxylation is 1. The Kier molecular flexibility index (Phi) is 3.72. The maximum atomic E-state index is 12.3. The lowest BCUT2D eigenvalue weighted by molar-refractivity contribution is -0.149. The second kappa shape index (κ2) is 5.69. The molecule has 25 heavy (non-hydrogen) atoms. The molecule has 0 radical (unpaired) electrons. The van der Waals surface area contributed by atoms with E-state index in [4.69, 9.17) is 0 Å². The van der Waals surface area contributed by atoms with E-state index in [2.05, 4.69) is 4.98 Å². The lowest BCUT2D eigenvalue weighted by Gasteiger charge is -2.25. The van der Waals surface area contributed by atoms with E-state index < -0.39 is 11.4 Å². The second-order valence-corrected chi connectivity index (χ2v) is 7.74. The van der Waals surface area contributed by atoms with Gasteiger partial charge in [-0.25, -0.2) is 0 Å². The van der Waals surface area contributed by atoms with Crippen molar-refractivity contribution in [2.45, 2.75) is 26.3 Å². The average Bonchev–Trinajstić information content (AvgIpc) is 3.25. The number of carbonyl (C=O) groups is 2. The van der Waals surface area contributed by atoms with Gasteiger partial charge in [-0.05, 0) is 31.9 Å². The van der Waals surface area contributed by atoms with Gasteiger partial charge in [0, 0.05) is 50.3 Å². The number of rotatable bonds is 4. The fraction of sp³-hybridized carbons (Fsp3) is 0.611. The van der Waals surface area contributed by atoms with Crippen LogP contribution in [0.2, 0.25) is 0 Å². The van der Waals surface area contributed by atoms with E-state index in [1.165, 1.54) is 0 Å². The minimum atomic E-state index is -0.899. The lowest BCUT2D eigenvalue weighted by Crippen LogP contribution is -2.42. The molecule has 7 heteroatoms. The van der Waals surface area contributed by atoms with Crippen LogP contribution < -0.4 is 0 Å². The Hall–Kier alpha value is -2.15. The molecule has 7 nitrogen and oxygen atoms in total. The van der Waals surface area contributed by atoms with Gasteiger partial charge in [0.15, 0.2) is 0 Å². The van der Waals surface area contributed by atoms with Gasteiger partial charge in [0.05, 0.1) is 5.69 Å². The van der Waals surface area contributed by atoms with Crippen molar-refractivity contribution in [3.05, 3.63) is 23.5 Å². The summed E-state index contributed by atoms with van der Waals surface area (Å²) in [4.78, 5) is 32.6.